The van der Waals surface area contributed by atoms with Crippen LogP contribution in [0.25, 0.3) is 11.1 Å². The van der Waals surface area contributed by atoms with Gasteiger partial charge < -0.3 is 0 Å². The van der Waals surface area contributed by atoms with Gasteiger partial charge >= 0.3 is 6.03 Å². The third kappa shape index (κ3) is 1.69. The monoisotopic (exact) mass is 172 g/mol. The van der Waals surface area contributed by atoms with Crippen LogP contribution in [-0.4, -0.2) is 6.03 Å². The number of carbonyl (C=O) groups is 1. The van der Waals surface area contributed by atoms with Crippen molar-refractivity contribution in [2.24, 2.45) is 0 Å². The fourth-order valence-corrected chi connectivity index (χ4v) is 0.681. The molecule has 64 valence electrons. The Kier molecular flexibility index (Phi) is 2.57. The van der Waals surface area contributed by atoms with Gasteiger partial charge in [-0.2, -0.15) is 11.1 Å². The van der Waals surface area contributed by atoms with Gasteiger partial charge in [0.15, 0.2) is 0 Å². The number of urea groups is 1. The summed E-state index contributed by atoms with van der Waals surface area (Å²) in [6, 6.07) is 6.99. The summed E-state index contributed by atoms with van der Waals surface area (Å²) in [6.07, 6.45) is 0. The molecule has 2 amide bonds. The van der Waals surface area contributed by atoms with Crippen LogP contribution < -0.4 is 11.1 Å². The van der Waals surface area contributed by atoms with Gasteiger partial charge in [-0.1, -0.05) is 33.2 Å². The quantitative estimate of drug-likeness (QED) is 0.583. The van der Waals surface area contributed by atoms with Gasteiger partial charge in [0.05, 0.1) is 0 Å². The van der Waals surface area contributed by atoms with Gasteiger partial charge in [-0.25, -0.2) is 4.79 Å². The molecule has 5 heteroatoms. The molecule has 0 saturated carbocycles. The van der Waals surface area contributed by atoms with Gasteiger partial charge in [0.2, 0.25) is 0 Å². The van der Waals surface area contributed by atoms with Crippen LogP contribution in [0.5, 0.6) is 0 Å². The first-order valence-corrected chi connectivity index (χ1v) is 3.15. The molecule has 0 saturated heterocycles. The number of carbonyl (C=O) groups excluding carboxylic acids is 1. The Labute approximate surface area is 67.3 Å². The molecular weight excluding hydrogens is 166 g/mol. The normalized spacial score (nSPS) is 9.17. The first-order chi connectivity index (χ1) is 5.77. The molecule has 0 fully saturated rings. The van der Waals surface area contributed by atoms with Crippen LogP contribution in [0.3, 0.4) is 0 Å². The second kappa shape index (κ2) is 3.66. The van der Waals surface area contributed by atoms with E-state index in [-0.39, 0.29) is 0 Å². The molecule has 0 aliphatic heterocycles. The van der Waals surface area contributed by atoms with E-state index in [1.54, 1.807) is 0 Å². The molecule has 0 bridgehead atoms. The molecule has 0 aromatic heterocycles. The number of nitrogens with one attached hydrogen (secondary N) is 2. The summed E-state index contributed by atoms with van der Waals surface area (Å²) >= 11 is 0. The number of hydrogen-bond donors (Lipinski definition) is 2. The molecule has 0 aromatic carbocycles. The summed E-state index contributed by atoms with van der Waals surface area (Å²) in [5.41, 5.74) is 3.83. The lowest BCUT2D eigenvalue weighted by Crippen LogP contribution is -2.22. The van der Waals surface area contributed by atoms with Crippen molar-refractivity contribution >= 4 is 6.03 Å². The zero-order valence-electron chi connectivity index (χ0n) is 5.97. The van der Waals surface area contributed by atoms with E-state index in [4.69, 9.17) is 0 Å². The molecule has 0 radical (unpaired) electrons. The molecule has 0 aromatic rings. The lowest BCUT2D eigenvalue weighted by molar-refractivity contribution is 0.194. The Morgan fingerprint density at radius 3 is 1.33 bits per heavy atom. The van der Waals surface area contributed by atoms with Crippen LogP contribution in [0, 0.1) is 0 Å². The maximum Gasteiger partial charge on any atom is 0.370 e. The Morgan fingerprint density at radius 1 is 1.00 bits per heavy atom. The van der Waals surface area contributed by atoms with Crippen molar-refractivity contribution < 1.29 is 13.8 Å². The molecule has 0 atom stereocenters. The van der Waals surface area contributed by atoms with Crippen molar-refractivity contribution in [1.29, 1.82) is 0 Å². The molecular formula is C7H6F2N2O. The van der Waals surface area contributed by atoms with Gasteiger partial charge in [0, 0.05) is 0 Å². The van der Waals surface area contributed by atoms with Gasteiger partial charge in [-0.05, 0) is 11.1 Å². The highest BCUT2D eigenvalue weighted by Crippen LogP contribution is 2.29. The van der Waals surface area contributed by atoms with Crippen molar-refractivity contribution in [3.8, 4) is 11.1 Å². The molecule has 2 rings (SSSR count). The van der Waals surface area contributed by atoms with Crippen LogP contribution in [-0.2, 0) is 0 Å². The fraction of sp³-hybridized carbons (Fsp3) is 0. The minimum atomic E-state index is -1.49. The van der Waals surface area contributed by atoms with Crippen LogP contribution in [0.1, 0.15) is 0 Å². The number of amides is 2. The van der Waals surface area contributed by atoms with E-state index >= 15 is 0 Å². The van der Waals surface area contributed by atoms with Gasteiger partial charge in [-0.15, -0.1) is 0 Å². The highest BCUT2D eigenvalue weighted by molar-refractivity contribution is 5.75. The average Bonchev–Trinajstić information content (AvgIpc) is 2.10. The predicted octanol–water partition coefficient (Wildman–Crippen LogP) is 1.72. The summed E-state index contributed by atoms with van der Waals surface area (Å²) in [7, 11) is 0. The first kappa shape index (κ1) is 8.45. The summed E-state index contributed by atoms with van der Waals surface area (Å²) < 4.78 is 21.0. The minimum absolute atomic E-state index is 0.490. The Morgan fingerprint density at radius 2 is 1.33 bits per heavy atom. The van der Waals surface area contributed by atoms with Crippen LogP contribution in [0.15, 0.2) is 24.3 Å². The largest absolute Gasteiger partial charge is 0.370 e. The SMILES string of the molecule is O=C(NF)NF.c1cc2ccc1-2. The second-order valence-corrected chi connectivity index (χ2v) is 2.10. The molecule has 2 N–H and O–H groups in total. The highest BCUT2D eigenvalue weighted by atomic mass is 19.2. The number of rotatable bonds is 0. The molecule has 3 nitrogen and oxygen atoms in total. The Balaban J connectivity index is 0.000000120. The number of halogens is 2. The van der Waals surface area contributed by atoms with E-state index in [2.05, 4.69) is 24.3 Å². The van der Waals surface area contributed by atoms with Gasteiger partial charge in [-0.3, -0.25) is 0 Å². The fourth-order valence-electron chi connectivity index (χ4n) is 0.681. The van der Waals surface area contributed by atoms with E-state index in [0.717, 1.165) is 0 Å². The van der Waals surface area contributed by atoms with Crippen LogP contribution in [0.4, 0.5) is 13.8 Å². The minimum Gasteiger partial charge on any atom is -0.244 e. The number of benzene rings is 1. The first-order valence-electron chi connectivity index (χ1n) is 3.15. The maximum atomic E-state index is 10.5. The molecule has 0 spiro atoms. The third-order valence-corrected chi connectivity index (χ3v) is 1.39. The van der Waals surface area contributed by atoms with Crippen molar-refractivity contribution in [2.45, 2.75) is 0 Å². The third-order valence-electron chi connectivity index (χ3n) is 1.39. The van der Waals surface area contributed by atoms with Crippen molar-refractivity contribution in [1.82, 2.24) is 11.1 Å². The molecule has 0 heterocycles. The standard InChI is InChI=1S/C6H4.CH2F2N2O/c1-2-6-4-3-5(1)6;2-4-1(6)5-3/h1-4H;(H2,4,5,6). The maximum absolute atomic E-state index is 10.5. The van der Waals surface area contributed by atoms with E-state index in [1.807, 2.05) is 0 Å². The van der Waals surface area contributed by atoms with Crippen LogP contribution in [0.2, 0.25) is 0 Å². The van der Waals surface area contributed by atoms with Crippen molar-refractivity contribution in [3.63, 3.8) is 0 Å². The Hall–Kier alpha value is -1.65. The van der Waals surface area contributed by atoms with Crippen LogP contribution >= 0.6 is 0 Å². The Bertz CT molecular complexity index is 246. The van der Waals surface area contributed by atoms with E-state index in [0.29, 0.717) is 11.1 Å². The molecule has 12 heavy (non-hydrogen) atoms. The van der Waals surface area contributed by atoms with Crippen molar-refractivity contribution in [2.75, 3.05) is 0 Å². The summed E-state index contributed by atoms with van der Waals surface area (Å²) in [5.74, 6) is 0. The predicted molar refractivity (Wildman–Crippen MR) is 39.3 cm³/mol. The van der Waals surface area contributed by atoms with Crippen molar-refractivity contribution in [3.05, 3.63) is 24.3 Å². The second-order valence-electron chi connectivity index (χ2n) is 2.10. The highest BCUT2D eigenvalue weighted by Gasteiger charge is 2.03. The molecule has 0 unspecified atom stereocenters. The summed E-state index contributed by atoms with van der Waals surface area (Å²) in [5, 5.41) is 0. The number of hydrogen-bond acceptors (Lipinski definition) is 1. The average molecular weight is 172 g/mol. The van der Waals surface area contributed by atoms with E-state index in [9.17, 15) is 13.8 Å². The lowest BCUT2D eigenvalue weighted by Gasteiger charge is -2.10. The van der Waals surface area contributed by atoms with E-state index in [1.165, 1.54) is 11.1 Å². The zero-order valence-corrected chi connectivity index (χ0v) is 5.97. The summed E-state index contributed by atoms with van der Waals surface area (Å²) in [6.45, 7) is 0. The molecule has 2 aliphatic rings. The van der Waals surface area contributed by atoms with Gasteiger partial charge in [0.1, 0.15) is 0 Å². The molecule has 2 aliphatic carbocycles. The smallest absolute Gasteiger partial charge is 0.244 e. The van der Waals surface area contributed by atoms with Gasteiger partial charge in [0.25, 0.3) is 0 Å². The zero-order chi connectivity index (χ0) is 8.97. The van der Waals surface area contributed by atoms with E-state index < -0.39 is 6.03 Å². The number of fused-ring (bicyclic) bond motifs is 1. The topological polar surface area (TPSA) is 41.1 Å². The lowest BCUT2D eigenvalue weighted by atomic mass is 9.95. The summed E-state index contributed by atoms with van der Waals surface area (Å²) in [4.78, 5) is 9.21.